The Morgan fingerprint density at radius 2 is 1.56 bits per heavy atom. The zero-order valence-electron chi connectivity index (χ0n) is 10.7. The topological polar surface area (TPSA) is 61.4 Å². The van der Waals surface area contributed by atoms with Gasteiger partial charge in [0, 0.05) is 33.1 Å². The summed E-state index contributed by atoms with van der Waals surface area (Å²) in [5, 5.41) is 5.49. The molecule has 0 fully saturated rings. The molecule has 0 radical (unpaired) electrons. The number of amides is 3. The van der Waals surface area contributed by atoms with Crippen molar-refractivity contribution >= 4 is 11.9 Å². The molecule has 0 heterocycles. The summed E-state index contributed by atoms with van der Waals surface area (Å²) in [5.74, 6) is 0.161. The van der Waals surface area contributed by atoms with Gasteiger partial charge < -0.3 is 15.5 Å². The lowest BCUT2D eigenvalue weighted by Gasteiger charge is -2.14. The summed E-state index contributed by atoms with van der Waals surface area (Å²) in [5.41, 5.74) is 0. The SMILES string of the molecule is CCC(CC)C(=O)NCCNC(=O)N(C)C. The van der Waals surface area contributed by atoms with Crippen LogP contribution >= 0.6 is 0 Å². The van der Waals surface area contributed by atoms with E-state index in [0.717, 1.165) is 12.8 Å². The average Bonchev–Trinajstić information content (AvgIpc) is 2.25. The van der Waals surface area contributed by atoms with E-state index in [1.807, 2.05) is 13.8 Å². The van der Waals surface area contributed by atoms with E-state index in [4.69, 9.17) is 0 Å². The Hall–Kier alpha value is -1.26. The van der Waals surface area contributed by atoms with E-state index in [1.165, 1.54) is 4.90 Å². The van der Waals surface area contributed by atoms with Crippen LogP contribution in [0.15, 0.2) is 0 Å². The summed E-state index contributed by atoms with van der Waals surface area (Å²) in [4.78, 5) is 24.1. The van der Waals surface area contributed by atoms with Gasteiger partial charge in [-0.15, -0.1) is 0 Å². The first-order chi connectivity index (χ1) is 7.52. The van der Waals surface area contributed by atoms with Crippen LogP contribution in [-0.2, 0) is 4.79 Å². The van der Waals surface area contributed by atoms with Gasteiger partial charge >= 0.3 is 6.03 Å². The third-order valence-electron chi connectivity index (χ3n) is 2.46. The highest BCUT2D eigenvalue weighted by molar-refractivity contribution is 5.78. The van der Waals surface area contributed by atoms with E-state index in [0.29, 0.717) is 13.1 Å². The van der Waals surface area contributed by atoms with Crippen LogP contribution in [0.5, 0.6) is 0 Å². The predicted octanol–water partition coefficient (Wildman–Crippen LogP) is 0.810. The second kappa shape index (κ2) is 7.96. The Labute approximate surface area is 97.6 Å². The first kappa shape index (κ1) is 14.7. The number of carbonyl (C=O) groups is 2. The quantitative estimate of drug-likeness (QED) is 0.662. The number of rotatable bonds is 6. The highest BCUT2D eigenvalue weighted by Gasteiger charge is 2.12. The molecule has 0 rings (SSSR count). The van der Waals surface area contributed by atoms with Crippen LogP contribution in [0.3, 0.4) is 0 Å². The molecular weight excluding hydrogens is 206 g/mol. The van der Waals surface area contributed by atoms with Crippen molar-refractivity contribution in [3.8, 4) is 0 Å². The van der Waals surface area contributed by atoms with Crippen molar-refractivity contribution in [1.82, 2.24) is 15.5 Å². The Bertz CT molecular complexity index is 225. The normalized spacial score (nSPS) is 10.1. The predicted molar refractivity (Wildman–Crippen MR) is 64.2 cm³/mol. The third-order valence-corrected chi connectivity index (χ3v) is 2.46. The number of carbonyl (C=O) groups excluding carboxylic acids is 2. The number of nitrogens with zero attached hydrogens (tertiary/aromatic N) is 1. The van der Waals surface area contributed by atoms with Gasteiger partial charge in [-0.3, -0.25) is 4.79 Å². The van der Waals surface area contributed by atoms with Crippen LogP contribution in [0.1, 0.15) is 26.7 Å². The molecule has 5 heteroatoms. The van der Waals surface area contributed by atoms with E-state index in [9.17, 15) is 9.59 Å². The summed E-state index contributed by atoms with van der Waals surface area (Å²) >= 11 is 0. The van der Waals surface area contributed by atoms with Crippen LogP contribution in [0, 0.1) is 5.92 Å². The fourth-order valence-electron chi connectivity index (χ4n) is 1.32. The van der Waals surface area contributed by atoms with Crippen molar-refractivity contribution in [3.63, 3.8) is 0 Å². The van der Waals surface area contributed by atoms with Gasteiger partial charge in [0.15, 0.2) is 0 Å². The number of hydrogen-bond donors (Lipinski definition) is 2. The van der Waals surface area contributed by atoms with Gasteiger partial charge in [0.2, 0.25) is 5.91 Å². The lowest BCUT2D eigenvalue weighted by atomic mass is 10.0. The summed E-state index contributed by atoms with van der Waals surface area (Å²) in [6.45, 7) is 4.95. The Morgan fingerprint density at radius 1 is 1.06 bits per heavy atom. The number of hydrogen-bond acceptors (Lipinski definition) is 2. The Morgan fingerprint density at radius 3 is 2.00 bits per heavy atom. The van der Waals surface area contributed by atoms with Gasteiger partial charge in [0.05, 0.1) is 0 Å². The van der Waals surface area contributed by atoms with Crippen LogP contribution in [-0.4, -0.2) is 44.0 Å². The molecule has 0 unspecified atom stereocenters. The maximum absolute atomic E-state index is 11.5. The minimum Gasteiger partial charge on any atom is -0.354 e. The van der Waals surface area contributed by atoms with Gasteiger partial charge in [0.1, 0.15) is 0 Å². The maximum atomic E-state index is 11.5. The molecule has 2 N–H and O–H groups in total. The van der Waals surface area contributed by atoms with E-state index in [-0.39, 0.29) is 17.9 Å². The molecule has 3 amide bonds. The molecule has 0 saturated heterocycles. The molecule has 0 saturated carbocycles. The summed E-state index contributed by atoms with van der Waals surface area (Å²) in [7, 11) is 3.36. The highest BCUT2D eigenvalue weighted by atomic mass is 16.2. The fourth-order valence-corrected chi connectivity index (χ4v) is 1.32. The first-order valence-corrected chi connectivity index (χ1v) is 5.75. The van der Waals surface area contributed by atoms with Gasteiger partial charge in [-0.25, -0.2) is 4.79 Å². The van der Waals surface area contributed by atoms with E-state index < -0.39 is 0 Å². The van der Waals surface area contributed by atoms with Crippen LogP contribution in [0.2, 0.25) is 0 Å². The molecule has 0 aliphatic rings. The molecule has 0 aliphatic carbocycles. The fraction of sp³-hybridized carbons (Fsp3) is 0.818. The second-order valence-electron chi connectivity index (χ2n) is 3.93. The largest absolute Gasteiger partial charge is 0.354 e. The Balaban J connectivity index is 3.66. The standard InChI is InChI=1S/C11H23N3O2/c1-5-9(6-2)10(15)12-7-8-13-11(16)14(3)4/h9H,5-8H2,1-4H3,(H,12,15)(H,13,16). The first-order valence-electron chi connectivity index (χ1n) is 5.75. The molecule has 16 heavy (non-hydrogen) atoms. The second-order valence-corrected chi connectivity index (χ2v) is 3.93. The van der Waals surface area contributed by atoms with E-state index in [2.05, 4.69) is 10.6 Å². The van der Waals surface area contributed by atoms with Gasteiger partial charge in [-0.1, -0.05) is 13.8 Å². The van der Waals surface area contributed by atoms with Crippen molar-refractivity contribution in [3.05, 3.63) is 0 Å². The molecule has 0 aromatic carbocycles. The van der Waals surface area contributed by atoms with Crippen molar-refractivity contribution in [2.75, 3.05) is 27.2 Å². The maximum Gasteiger partial charge on any atom is 0.316 e. The van der Waals surface area contributed by atoms with Crippen molar-refractivity contribution in [1.29, 1.82) is 0 Å². The van der Waals surface area contributed by atoms with Crippen molar-refractivity contribution < 1.29 is 9.59 Å². The lowest BCUT2D eigenvalue weighted by Crippen LogP contribution is -2.40. The molecule has 0 atom stereocenters. The smallest absolute Gasteiger partial charge is 0.316 e. The van der Waals surface area contributed by atoms with Crippen molar-refractivity contribution in [2.24, 2.45) is 5.92 Å². The van der Waals surface area contributed by atoms with E-state index in [1.54, 1.807) is 14.1 Å². The van der Waals surface area contributed by atoms with Crippen molar-refractivity contribution in [2.45, 2.75) is 26.7 Å². The number of urea groups is 1. The van der Waals surface area contributed by atoms with Crippen LogP contribution < -0.4 is 10.6 Å². The van der Waals surface area contributed by atoms with Gasteiger partial charge in [-0.05, 0) is 12.8 Å². The minimum absolute atomic E-state index is 0.0732. The summed E-state index contributed by atoms with van der Waals surface area (Å²) < 4.78 is 0. The molecule has 0 spiro atoms. The molecule has 0 bridgehead atoms. The average molecular weight is 229 g/mol. The molecule has 5 nitrogen and oxygen atoms in total. The van der Waals surface area contributed by atoms with Gasteiger partial charge in [-0.2, -0.15) is 0 Å². The number of nitrogens with one attached hydrogen (secondary N) is 2. The van der Waals surface area contributed by atoms with Crippen LogP contribution in [0.25, 0.3) is 0 Å². The molecule has 0 aromatic rings. The van der Waals surface area contributed by atoms with Gasteiger partial charge in [0.25, 0.3) is 0 Å². The van der Waals surface area contributed by atoms with Crippen LogP contribution in [0.4, 0.5) is 4.79 Å². The zero-order valence-corrected chi connectivity index (χ0v) is 10.7. The molecule has 0 aliphatic heterocycles. The molecule has 94 valence electrons. The Kier molecular flexibility index (Phi) is 7.33. The summed E-state index contributed by atoms with van der Waals surface area (Å²) in [6.07, 6.45) is 1.71. The molecular formula is C11H23N3O2. The lowest BCUT2D eigenvalue weighted by molar-refractivity contribution is -0.125. The van der Waals surface area contributed by atoms with E-state index >= 15 is 0 Å². The zero-order chi connectivity index (χ0) is 12.6. The summed E-state index contributed by atoms with van der Waals surface area (Å²) in [6, 6.07) is -0.142. The minimum atomic E-state index is -0.142. The monoisotopic (exact) mass is 229 g/mol. The highest BCUT2D eigenvalue weighted by Crippen LogP contribution is 2.06. The third kappa shape index (κ3) is 5.58. The molecule has 0 aromatic heterocycles.